The van der Waals surface area contributed by atoms with Gasteiger partial charge in [-0.3, -0.25) is 0 Å². The fourth-order valence-corrected chi connectivity index (χ4v) is 1.58. The molecule has 4 nitrogen and oxygen atoms in total. The topological polar surface area (TPSA) is 42.5 Å². The molecular formula is C12H15F3N2O2S. The summed E-state index contributed by atoms with van der Waals surface area (Å²) in [7, 11) is 1.60. The van der Waals surface area contributed by atoms with Gasteiger partial charge >= 0.3 is 6.36 Å². The van der Waals surface area contributed by atoms with Gasteiger partial charge < -0.3 is 20.1 Å². The first-order chi connectivity index (χ1) is 9.40. The molecule has 0 spiro atoms. The van der Waals surface area contributed by atoms with E-state index in [1.807, 2.05) is 0 Å². The molecule has 0 aliphatic carbocycles. The molecule has 0 fully saturated rings. The highest BCUT2D eigenvalue weighted by Gasteiger charge is 2.31. The molecule has 0 unspecified atom stereocenters. The first kappa shape index (κ1) is 16.5. The third-order valence-electron chi connectivity index (χ3n) is 2.14. The molecule has 0 aliphatic rings. The molecule has 0 saturated heterocycles. The Morgan fingerprint density at radius 3 is 2.75 bits per heavy atom. The molecule has 1 rings (SSSR count). The summed E-state index contributed by atoms with van der Waals surface area (Å²) in [5, 5.41) is 6.01. The lowest BCUT2D eigenvalue weighted by molar-refractivity contribution is -0.274. The van der Waals surface area contributed by atoms with E-state index in [2.05, 4.69) is 15.4 Å². The van der Waals surface area contributed by atoms with Crippen LogP contribution in [0.3, 0.4) is 0 Å². The monoisotopic (exact) mass is 308 g/mol. The second-order valence-corrected chi connectivity index (χ2v) is 4.21. The highest BCUT2D eigenvalue weighted by molar-refractivity contribution is 7.80. The van der Waals surface area contributed by atoms with Crippen LogP contribution in [0.5, 0.6) is 5.75 Å². The van der Waals surface area contributed by atoms with Crippen molar-refractivity contribution in [1.29, 1.82) is 0 Å². The molecule has 0 atom stereocenters. The number of thiocarbonyl (C=S) groups is 1. The first-order valence-electron chi connectivity index (χ1n) is 5.80. The minimum absolute atomic E-state index is 0.301. The smallest absolute Gasteiger partial charge is 0.406 e. The minimum atomic E-state index is -4.71. The molecule has 8 heteroatoms. The maximum Gasteiger partial charge on any atom is 0.573 e. The summed E-state index contributed by atoms with van der Waals surface area (Å²) < 4.78 is 44.9. The molecule has 1 aromatic carbocycles. The Bertz CT molecular complexity index is 441. The zero-order valence-electron chi connectivity index (χ0n) is 10.8. The number of anilines is 1. The summed E-state index contributed by atoms with van der Waals surface area (Å²) in [5.74, 6) is -0.301. The molecular weight excluding hydrogens is 293 g/mol. The van der Waals surface area contributed by atoms with Crippen molar-refractivity contribution < 1.29 is 22.6 Å². The van der Waals surface area contributed by atoms with Crippen molar-refractivity contribution in [2.75, 3.05) is 25.6 Å². The molecule has 0 amide bonds. The van der Waals surface area contributed by atoms with Gasteiger partial charge in [-0.05, 0) is 30.8 Å². The van der Waals surface area contributed by atoms with Crippen LogP contribution in [0.2, 0.25) is 0 Å². The van der Waals surface area contributed by atoms with Gasteiger partial charge in [0, 0.05) is 32.0 Å². The van der Waals surface area contributed by atoms with Crippen molar-refractivity contribution in [2.24, 2.45) is 0 Å². The Morgan fingerprint density at radius 1 is 1.35 bits per heavy atom. The molecule has 0 saturated carbocycles. The molecule has 1 aromatic rings. The number of benzene rings is 1. The number of hydrogen-bond donors (Lipinski definition) is 2. The first-order valence-corrected chi connectivity index (χ1v) is 6.21. The molecule has 0 bridgehead atoms. The van der Waals surface area contributed by atoms with Crippen molar-refractivity contribution in [3.63, 3.8) is 0 Å². The zero-order valence-corrected chi connectivity index (χ0v) is 11.6. The lowest BCUT2D eigenvalue weighted by Crippen LogP contribution is -2.29. The Labute approximate surface area is 120 Å². The van der Waals surface area contributed by atoms with Gasteiger partial charge in [-0.15, -0.1) is 13.2 Å². The number of methoxy groups -OCH3 is 1. The van der Waals surface area contributed by atoms with E-state index >= 15 is 0 Å². The number of nitrogens with one attached hydrogen (secondary N) is 2. The average molecular weight is 308 g/mol. The van der Waals surface area contributed by atoms with E-state index in [0.717, 1.165) is 6.42 Å². The SMILES string of the molecule is COCCCNC(=S)Nc1cccc(OC(F)(F)F)c1. The summed E-state index contributed by atoms with van der Waals surface area (Å²) in [6.45, 7) is 1.21. The molecule has 0 aromatic heterocycles. The van der Waals surface area contributed by atoms with Crippen LogP contribution in [0.25, 0.3) is 0 Å². The third-order valence-corrected chi connectivity index (χ3v) is 2.38. The lowest BCUT2D eigenvalue weighted by Gasteiger charge is -2.12. The fourth-order valence-electron chi connectivity index (χ4n) is 1.36. The van der Waals surface area contributed by atoms with Gasteiger partial charge in [0.1, 0.15) is 5.75 Å². The van der Waals surface area contributed by atoms with E-state index in [4.69, 9.17) is 17.0 Å². The molecule has 112 valence electrons. The van der Waals surface area contributed by atoms with Gasteiger partial charge in [0.05, 0.1) is 0 Å². The number of rotatable bonds is 6. The third kappa shape index (κ3) is 7.15. The molecule has 0 heterocycles. The van der Waals surface area contributed by atoms with Crippen LogP contribution in [-0.2, 0) is 4.74 Å². The molecule has 20 heavy (non-hydrogen) atoms. The summed E-state index contributed by atoms with van der Waals surface area (Å²) in [4.78, 5) is 0. The van der Waals surface area contributed by atoms with Crippen molar-refractivity contribution in [3.05, 3.63) is 24.3 Å². The highest BCUT2D eigenvalue weighted by Crippen LogP contribution is 2.24. The van der Waals surface area contributed by atoms with Crippen molar-refractivity contribution >= 4 is 23.0 Å². The second-order valence-electron chi connectivity index (χ2n) is 3.80. The Balaban J connectivity index is 2.47. The van der Waals surface area contributed by atoms with Gasteiger partial charge in [0.25, 0.3) is 0 Å². The Morgan fingerprint density at radius 2 is 2.10 bits per heavy atom. The number of alkyl halides is 3. The van der Waals surface area contributed by atoms with Crippen LogP contribution in [-0.4, -0.2) is 31.7 Å². The molecule has 0 radical (unpaired) electrons. The summed E-state index contributed by atoms with van der Waals surface area (Å²) in [6, 6.07) is 5.47. The van der Waals surface area contributed by atoms with E-state index in [1.54, 1.807) is 13.2 Å². The standard InChI is InChI=1S/C12H15F3N2O2S/c1-18-7-3-6-16-11(20)17-9-4-2-5-10(8-9)19-12(13,14)15/h2,4-5,8H,3,6-7H2,1H3,(H2,16,17,20). The normalized spacial score (nSPS) is 11.0. The van der Waals surface area contributed by atoms with E-state index in [-0.39, 0.29) is 5.75 Å². The van der Waals surface area contributed by atoms with Gasteiger partial charge in [0.2, 0.25) is 0 Å². The van der Waals surface area contributed by atoms with Crippen LogP contribution in [0.4, 0.5) is 18.9 Å². The number of halogens is 3. The number of ether oxygens (including phenoxy) is 2. The summed E-state index contributed by atoms with van der Waals surface area (Å²) in [5.41, 5.74) is 0.413. The van der Waals surface area contributed by atoms with Crippen molar-refractivity contribution in [2.45, 2.75) is 12.8 Å². The van der Waals surface area contributed by atoms with Crippen molar-refractivity contribution in [1.82, 2.24) is 5.32 Å². The average Bonchev–Trinajstić information content (AvgIpc) is 2.33. The van der Waals surface area contributed by atoms with E-state index in [9.17, 15) is 13.2 Å². The van der Waals surface area contributed by atoms with Gasteiger partial charge in [-0.2, -0.15) is 0 Å². The fraction of sp³-hybridized carbons (Fsp3) is 0.417. The largest absolute Gasteiger partial charge is 0.573 e. The summed E-state index contributed by atoms with van der Waals surface area (Å²) in [6.07, 6.45) is -3.94. The van der Waals surface area contributed by atoms with Gasteiger partial charge in [-0.1, -0.05) is 6.07 Å². The summed E-state index contributed by atoms with van der Waals surface area (Å²) >= 11 is 5.01. The predicted molar refractivity (Wildman–Crippen MR) is 73.8 cm³/mol. The van der Waals surface area contributed by atoms with Gasteiger partial charge in [0.15, 0.2) is 5.11 Å². The quantitative estimate of drug-likeness (QED) is 0.625. The zero-order chi connectivity index (χ0) is 15.0. The van der Waals surface area contributed by atoms with E-state index < -0.39 is 6.36 Å². The lowest BCUT2D eigenvalue weighted by atomic mass is 10.3. The maximum atomic E-state index is 12.1. The molecule has 0 aliphatic heterocycles. The van der Waals surface area contributed by atoms with E-state index in [0.29, 0.717) is 24.0 Å². The predicted octanol–water partition coefficient (Wildman–Crippen LogP) is 2.91. The van der Waals surface area contributed by atoms with Crippen LogP contribution < -0.4 is 15.4 Å². The van der Waals surface area contributed by atoms with Crippen LogP contribution >= 0.6 is 12.2 Å². The van der Waals surface area contributed by atoms with Crippen LogP contribution in [0, 0.1) is 0 Å². The van der Waals surface area contributed by atoms with E-state index in [1.165, 1.54) is 18.2 Å². The maximum absolute atomic E-state index is 12.1. The second kappa shape index (κ2) is 7.91. The van der Waals surface area contributed by atoms with Crippen LogP contribution in [0.15, 0.2) is 24.3 Å². The van der Waals surface area contributed by atoms with Crippen LogP contribution in [0.1, 0.15) is 6.42 Å². The Kier molecular flexibility index (Phi) is 6.53. The van der Waals surface area contributed by atoms with Crippen molar-refractivity contribution in [3.8, 4) is 5.75 Å². The van der Waals surface area contributed by atoms with Gasteiger partial charge in [-0.25, -0.2) is 0 Å². The number of hydrogen-bond acceptors (Lipinski definition) is 3. The molecule has 2 N–H and O–H groups in total. The minimum Gasteiger partial charge on any atom is -0.406 e. The Hall–Kier alpha value is -1.54. The highest BCUT2D eigenvalue weighted by atomic mass is 32.1.